The van der Waals surface area contributed by atoms with Gasteiger partial charge in [-0.05, 0) is 37.1 Å². The molecule has 0 radical (unpaired) electrons. The van der Waals surface area contributed by atoms with Gasteiger partial charge in [0.05, 0.1) is 4.90 Å². The lowest BCUT2D eigenvalue weighted by Crippen LogP contribution is -2.45. The van der Waals surface area contributed by atoms with Gasteiger partial charge in [0, 0.05) is 30.6 Å². The second kappa shape index (κ2) is 6.37. The van der Waals surface area contributed by atoms with Gasteiger partial charge in [-0.3, -0.25) is 0 Å². The summed E-state index contributed by atoms with van der Waals surface area (Å²) in [6, 6.07) is 7.20. The van der Waals surface area contributed by atoms with Crippen LogP contribution >= 0.6 is 12.4 Å². The van der Waals surface area contributed by atoms with Crippen LogP contribution in [0.15, 0.2) is 44.4 Å². The number of nitrogens with two attached hydrogens (primary N) is 1. The van der Waals surface area contributed by atoms with E-state index in [4.69, 9.17) is 10.2 Å². The van der Waals surface area contributed by atoms with E-state index in [-0.39, 0.29) is 23.3 Å². The summed E-state index contributed by atoms with van der Waals surface area (Å²) in [5.41, 5.74) is 5.77. The summed E-state index contributed by atoms with van der Waals surface area (Å²) in [7, 11) is -3.56. The quantitative estimate of drug-likeness (QED) is 0.829. The molecule has 1 aromatic carbocycles. The standard InChI is InChI=1S/C14H16N2O4S.ClH/c15-11-2-1-7-16(9-11)21(18,19)12-4-5-13-10(8-12)3-6-14(17)20-13;/h3-6,8,11H,1-2,7,9,15H2;1H/t11-;/m1./s1. The van der Waals surface area contributed by atoms with Crippen LogP contribution in [0.5, 0.6) is 0 Å². The van der Waals surface area contributed by atoms with Crippen LogP contribution in [0, 0.1) is 0 Å². The molecular weight excluding hydrogens is 328 g/mol. The molecule has 1 fully saturated rings. The lowest BCUT2D eigenvalue weighted by Gasteiger charge is -2.29. The number of piperidine rings is 1. The Bertz CT molecular complexity index is 834. The molecule has 1 aromatic heterocycles. The van der Waals surface area contributed by atoms with Crippen molar-refractivity contribution < 1.29 is 12.8 Å². The summed E-state index contributed by atoms with van der Waals surface area (Å²) >= 11 is 0. The van der Waals surface area contributed by atoms with Gasteiger partial charge < -0.3 is 10.2 Å². The third-order valence-corrected chi connectivity index (χ3v) is 5.51. The van der Waals surface area contributed by atoms with Gasteiger partial charge in [-0.2, -0.15) is 4.31 Å². The molecule has 1 aliphatic heterocycles. The molecule has 22 heavy (non-hydrogen) atoms. The minimum absolute atomic E-state index is 0. The van der Waals surface area contributed by atoms with Crippen molar-refractivity contribution >= 4 is 33.4 Å². The molecule has 8 heteroatoms. The topological polar surface area (TPSA) is 93.6 Å². The first-order valence-electron chi connectivity index (χ1n) is 6.76. The number of hydrogen-bond acceptors (Lipinski definition) is 5. The van der Waals surface area contributed by atoms with Crippen LogP contribution in [0.2, 0.25) is 0 Å². The molecule has 0 unspecified atom stereocenters. The summed E-state index contributed by atoms with van der Waals surface area (Å²) < 4.78 is 31.7. The molecule has 2 heterocycles. The second-order valence-electron chi connectivity index (χ2n) is 5.22. The fourth-order valence-corrected chi connectivity index (χ4v) is 4.12. The number of hydrogen-bond donors (Lipinski definition) is 1. The lowest BCUT2D eigenvalue weighted by atomic mass is 10.1. The van der Waals surface area contributed by atoms with Crippen molar-refractivity contribution in [2.75, 3.05) is 13.1 Å². The predicted molar refractivity (Wildman–Crippen MR) is 85.7 cm³/mol. The first-order chi connectivity index (χ1) is 9.96. The van der Waals surface area contributed by atoms with E-state index in [0.29, 0.717) is 24.1 Å². The van der Waals surface area contributed by atoms with E-state index in [2.05, 4.69) is 0 Å². The highest BCUT2D eigenvalue weighted by molar-refractivity contribution is 7.89. The number of fused-ring (bicyclic) bond motifs is 1. The van der Waals surface area contributed by atoms with Crippen LogP contribution in [-0.4, -0.2) is 31.9 Å². The summed E-state index contributed by atoms with van der Waals surface area (Å²) in [6.07, 6.45) is 1.61. The van der Waals surface area contributed by atoms with Crippen LogP contribution in [0.3, 0.4) is 0 Å². The summed E-state index contributed by atoms with van der Waals surface area (Å²) in [5.74, 6) is 0. The molecule has 1 atom stereocenters. The Kier molecular flexibility index (Phi) is 4.91. The van der Waals surface area contributed by atoms with E-state index in [9.17, 15) is 13.2 Å². The molecule has 1 saturated heterocycles. The molecule has 2 N–H and O–H groups in total. The average molecular weight is 345 g/mol. The summed E-state index contributed by atoms with van der Waals surface area (Å²) in [6.45, 7) is 0.822. The minimum Gasteiger partial charge on any atom is -0.423 e. The Balaban J connectivity index is 0.00000176. The molecule has 0 bridgehead atoms. The molecule has 0 aliphatic carbocycles. The molecular formula is C14H17ClN2O4S. The molecule has 120 valence electrons. The van der Waals surface area contributed by atoms with Gasteiger partial charge in [-0.1, -0.05) is 0 Å². The Hall–Kier alpha value is -1.41. The Morgan fingerprint density at radius 3 is 2.73 bits per heavy atom. The van der Waals surface area contributed by atoms with Gasteiger partial charge in [0.1, 0.15) is 5.58 Å². The number of nitrogens with zero attached hydrogens (tertiary/aromatic N) is 1. The van der Waals surface area contributed by atoms with Crippen molar-refractivity contribution in [1.29, 1.82) is 0 Å². The predicted octanol–water partition coefficient (Wildman–Crippen LogP) is 1.33. The maximum absolute atomic E-state index is 12.6. The van der Waals surface area contributed by atoms with Gasteiger partial charge in [0.2, 0.25) is 10.0 Å². The van der Waals surface area contributed by atoms with Crippen molar-refractivity contribution in [2.45, 2.75) is 23.8 Å². The van der Waals surface area contributed by atoms with Crippen molar-refractivity contribution in [3.05, 3.63) is 40.8 Å². The Labute approximate surface area is 134 Å². The SMILES string of the molecule is Cl.N[C@@H]1CCCN(S(=O)(=O)c2ccc3oc(=O)ccc3c2)C1. The Morgan fingerprint density at radius 2 is 2.00 bits per heavy atom. The molecule has 3 rings (SSSR count). The lowest BCUT2D eigenvalue weighted by molar-refractivity contribution is 0.316. The van der Waals surface area contributed by atoms with Crippen LogP contribution in [-0.2, 0) is 10.0 Å². The zero-order valence-corrected chi connectivity index (χ0v) is 13.4. The third-order valence-electron chi connectivity index (χ3n) is 3.65. The van der Waals surface area contributed by atoms with E-state index in [1.54, 1.807) is 6.07 Å². The molecule has 0 saturated carbocycles. The van der Waals surface area contributed by atoms with Gasteiger partial charge in [-0.25, -0.2) is 13.2 Å². The van der Waals surface area contributed by atoms with Crippen LogP contribution < -0.4 is 11.4 Å². The maximum Gasteiger partial charge on any atom is 0.336 e. The average Bonchev–Trinajstić information content (AvgIpc) is 2.46. The van der Waals surface area contributed by atoms with Crippen molar-refractivity contribution in [3.8, 4) is 0 Å². The van der Waals surface area contributed by atoms with Crippen molar-refractivity contribution in [3.63, 3.8) is 0 Å². The maximum atomic E-state index is 12.6. The first-order valence-corrected chi connectivity index (χ1v) is 8.20. The van der Waals surface area contributed by atoms with E-state index in [1.807, 2.05) is 0 Å². The third kappa shape index (κ3) is 3.17. The van der Waals surface area contributed by atoms with Crippen LogP contribution in [0.25, 0.3) is 11.0 Å². The monoisotopic (exact) mass is 344 g/mol. The van der Waals surface area contributed by atoms with Gasteiger partial charge in [0.15, 0.2) is 0 Å². The smallest absolute Gasteiger partial charge is 0.336 e. The van der Waals surface area contributed by atoms with Crippen LogP contribution in [0.1, 0.15) is 12.8 Å². The fraction of sp³-hybridized carbons (Fsp3) is 0.357. The zero-order chi connectivity index (χ0) is 15.0. The summed E-state index contributed by atoms with van der Waals surface area (Å²) in [4.78, 5) is 11.3. The highest BCUT2D eigenvalue weighted by atomic mass is 35.5. The van der Waals surface area contributed by atoms with E-state index < -0.39 is 15.6 Å². The van der Waals surface area contributed by atoms with E-state index in [0.717, 1.165) is 12.8 Å². The zero-order valence-electron chi connectivity index (χ0n) is 11.8. The number of sulfonamides is 1. The number of halogens is 1. The molecule has 2 aromatic rings. The fourth-order valence-electron chi connectivity index (χ4n) is 2.55. The minimum atomic E-state index is -3.56. The first kappa shape index (κ1) is 17.0. The second-order valence-corrected chi connectivity index (χ2v) is 7.16. The van der Waals surface area contributed by atoms with E-state index in [1.165, 1.54) is 28.6 Å². The molecule has 0 amide bonds. The van der Waals surface area contributed by atoms with Crippen molar-refractivity contribution in [1.82, 2.24) is 4.31 Å². The van der Waals surface area contributed by atoms with Gasteiger partial charge >= 0.3 is 5.63 Å². The van der Waals surface area contributed by atoms with Gasteiger partial charge in [-0.15, -0.1) is 12.4 Å². The van der Waals surface area contributed by atoms with Crippen molar-refractivity contribution in [2.24, 2.45) is 5.73 Å². The largest absolute Gasteiger partial charge is 0.423 e. The normalized spacial score (nSPS) is 19.8. The molecule has 1 aliphatic rings. The molecule has 0 spiro atoms. The highest BCUT2D eigenvalue weighted by Crippen LogP contribution is 2.23. The Morgan fingerprint density at radius 1 is 1.23 bits per heavy atom. The number of rotatable bonds is 2. The van der Waals surface area contributed by atoms with Gasteiger partial charge in [0.25, 0.3) is 0 Å². The van der Waals surface area contributed by atoms with Crippen LogP contribution in [0.4, 0.5) is 0 Å². The highest BCUT2D eigenvalue weighted by Gasteiger charge is 2.29. The number of benzene rings is 1. The molecule has 6 nitrogen and oxygen atoms in total. The summed E-state index contributed by atoms with van der Waals surface area (Å²) in [5, 5.41) is 0.581. The van der Waals surface area contributed by atoms with E-state index >= 15 is 0 Å².